The van der Waals surface area contributed by atoms with Crippen molar-refractivity contribution in [2.75, 3.05) is 13.1 Å². The van der Waals surface area contributed by atoms with Crippen LogP contribution in [0.2, 0.25) is 0 Å². The minimum Gasteiger partial charge on any atom is -0.309 e. The number of nitrogens with zero attached hydrogens (tertiary/aromatic N) is 1. The Kier molecular flexibility index (Phi) is 4.60. The Morgan fingerprint density at radius 2 is 2.06 bits per heavy atom. The molecule has 17 heavy (non-hydrogen) atoms. The molecule has 0 atom stereocenters. The first-order valence-electron chi connectivity index (χ1n) is 6.68. The van der Waals surface area contributed by atoms with E-state index in [2.05, 4.69) is 43.1 Å². The van der Waals surface area contributed by atoms with E-state index < -0.39 is 0 Å². The van der Waals surface area contributed by atoms with Crippen molar-refractivity contribution in [3.63, 3.8) is 0 Å². The fraction of sp³-hybridized carbons (Fsp3) is 0.714. The van der Waals surface area contributed by atoms with Gasteiger partial charge in [0, 0.05) is 28.4 Å². The van der Waals surface area contributed by atoms with Crippen LogP contribution in [0.4, 0.5) is 0 Å². The number of likely N-dealkylation sites (tertiary alicyclic amines) is 1. The molecule has 2 rings (SSSR count). The summed E-state index contributed by atoms with van der Waals surface area (Å²) in [5.41, 5.74) is 0. The van der Waals surface area contributed by atoms with Gasteiger partial charge < -0.3 is 10.2 Å². The van der Waals surface area contributed by atoms with E-state index in [-0.39, 0.29) is 0 Å². The molecular weight excluding hydrogens is 228 g/mol. The summed E-state index contributed by atoms with van der Waals surface area (Å²) in [7, 11) is 0. The lowest BCUT2D eigenvalue weighted by Gasteiger charge is -2.34. The molecule has 1 N–H and O–H groups in total. The number of piperidine rings is 1. The van der Waals surface area contributed by atoms with Crippen molar-refractivity contribution in [1.29, 1.82) is 0 Å². The van der Waals surface area contributed by atoms with Gasteiger partial charge >= 0.3 is 0 Å². The Morgan fingerprint density at radius 1 is 1.35 bits per heavy atom. The van der Waals surface area contributed by atoms with Gasteiger partial charge in [-0.15, -0.1) is 11.3 Å². The fourth-order valence-electron chi connectivity index (χ4n) is 2.45. The molecule has 1 aliphatic heterocycles. The summed E-state index contributed by atoms with van der Waals surface area (Å²) < 4.78 is 0. The number of hydrogen-bond acceptors (Lipinski definition) is 3. The van der Waals surface area contributed by atoms with Gasteiger partial charge in [-0.1, -0.05) is 0 Å². The molecule has 1 aliphatic rings. The number of thiophene rings is 1. The lowest BCUT2D eigenvalue weighted by Crippen LogP contribution is -2.44. The summed E-state index contributed by atoms with van der Waals surface area (Å²) in [6.07, 6.45) is 2.59. The zero-order chi connectivity index (χ0) is 12.3. The van der Waals surface area contributed by atoms with Crippen LogP contribution in [0.3, 0.4) is 0 Å². The van der Waals surface area contributed by atoms with Gasteiger partial charge in [0.1, 0.15) is 0 Å². The zero-order valence-corrected chi connectivity index (χ0v) is 12.0. The Morgan fingerprint density at radius 3 is 2.59 bits per heavy atom. The summed E-state index contributed by atoms with van der Waals surface area (Å²) in [6, 6.07) is 5.88. The predicted molar refractivity (Wildman–Crippen MR) is 75.6 cm³/mol. The molecule has 1 saturated heterocycles. The Labute approximate surface area is 109 Å². The van der Waals surface area contributed by atoms with Gasteiger partial charge in [-0.05, 0) is 58.8 Å². The second kappa shape index (κ2) is 5.98. The van der Waals surface area contributed by atoms with Gasteiger partial charge in [0.2, 0.25) is 0 Å². The van der Waals surface area contributed by atoms with Crippen LogP contribution in [0.5, 0.6) is 0 Å². The average Bonchev–Trinajstić information content (AvgIpc) is 2.73. The first kappa shape index (κ1) is 13.1. The van der Waals surface area contributed by atoms with Gasteiger partial charge in [0.15, 0.2) is 0 Å². The van der Waals surface area contributed by atoms with Crippen LogP contribution in [-0.2, 0) is 6.54 Å². The van der Waals surface area contributed by atoms with Gasteiger partial charge in [0.25, 0.3) is 0 Å². The highest BCUT2D eigenvalue weighted by Gasteiger charge is 2.20. The van der Waals surface area contributed by atoms with Crippen LogP contribution in [0.1, 0.15) is 36.4 Å². The quantitative estimate of drug-likeness (QED) is 0.886. The number of hydrogen-bond donors (Lipinski definition) is 1. The topological polar surface area (TPSA) is 15.3 Å². The smallest absolute Gasteiger partial charge is 0.0302 e. The predicted octanol–water partition coefficient (Wildman–Crippen LogP) is 3.02. The van der Waals surface area contributed by atoms with E-state index in [4.69, 9.17) is 0 Å². The Bertz CT molecular complexity index is 338. The lowest BCUT2D eigenvalue weighted by atomic mass is 10.0. The minimum atomic E-state index is 0.705. The first-order chi connectivity index (χ1) is 8.15. The molecular formula is C14H24N2S. The minimum absolute atomic E-state index is 0.705. The standard InChI is InChI=1S/C14H24N2S/c1-11(2)16-8-6-13(7-9-16)15-10-14-5-4-12(3)17-14/h4-5,11,13,15H,6-10H2,1-3H3. The highest BCUT2D eigenvalue weighted by atomic mass is 32.1. The second-order valence-corrected chi connectivity index (χ2v) is 6.67. The monoisotopic (exact) mass is 252 g/mol. The van der Waals surface area contributed by atoms with Crippen molar-refractivity contribution in [3.8, 4) is 0 Å². The molecule has 2 heterocycles. The van der Waals surface area contributed by atoms with E-state index in [1.165, 1.54) is 35.7 Å². The molecule has 2 nitrogen and oxygen atoms in total. The molecule has 0 spiro atoms. The maximum atomic E-state index is 3.69. The van der Waals surface area contributed by atoms with Gasteiger partial charge in [0.05, 0.1) is 0 Å². The molecule has 1 aromatic heterocycles. The number of aryl methyl sites for hydroxylation is 1. The maximum absolute atomic E-state index is 3.69. The summed E-state index contributed by atoms with van der Waals surface area (Å²) in [5.74, 6) is 0. The molecule has 1 fully saturated rings. The Hall–Kier alpha value is -0.380. The largest absolute Gasteiger partial charge is 0.309 e. The molecule has 0 aliphatic carbocycles. The third-order valence-electron chi connectivity index (χ3n) is 3.62. The van der Waals surface area contributed by atoms with E-state index >= 15 is 0 Å². The van der Waals surface area contributed by atoms with E-state index in [1.54, 1.807) is 0 Å². The van der Waals surface area contributed by atoms with Gasteiger partial charge in [-0.25, -0.2) is 0 Å². The van der Waals surface area contributed by atoms with Crippen LogP contribution in [0.25, 0.3) is 0 Å². The molecule has 0 bridgehead atoms. The zero-order valence-electron chi connectivity index (χ0n) is 11.2. The molecule has 0 amide bonds. The van der Waals surface area contributed by atoms with E-state index in [9.17, 15) is 0 Å². The lowest BCUT2D eigenvalue weighted by molar-refractivity contribution is 0.161. The van der Waals surface area contributed by atoms with Crippen LogP contribution in [0.15, 0.2) is 12.1 Å². The summed E-state index contributed by atoms with van der Waals surface area (Å²) in [6.45, 7) is 10.3. The van der Waals surface area contributed by atoms with Crippen LogP contribution >= 0.6 is 11.3 Å². The molecule has 0 saturated carbocycles. The number of rotatable bonds is 4. The maximum Gasteiger partial charge on any atom is 0.0302 e. The van der Waals surface area contributed by atoms with E-state index in [0.717, 1.165) is 6.54 Å². The van der Waals surface area contributed by atoms with Gasteiger partial charge in [-0.2, -0.15) is 0 Å². The molecule has 0 radical (unpaired) electrons. The summed E-state index contributed by atoms with van der Waals surface area (Å²) in [4.78, 5) is 5.46. The van der Waals surface area contributed by atoms with Crippen LogP contribution < -0.4 is 5.32 Å². The molecule has 96 valence electrons. The van der Waals surface area contributed by atoms with Crippen molar-refractivity contribution in [2.24, 2.45) is 0 Å². The molecule has 3 heteroatoms. The van der Waals surface area contributed by atoms with Crippen molar-refractivity contribution in [2.45, 2.75) is 52.2 Å². The van der Waals surface area contributed by atoms with Crippen molar-refractivity contribution in [3.05, 3.63) is 21.9 Å². The molecule has 1 aromatic rings. The van der Waals surface area contributed by atoms with E-state index in [0.29, 0.717) is 12.1 Å². The summed E-state index contributed by atoms with van der Waals surface area (Å²) in [5, 5.41) is 3.69. The third kappa shape index (κ3) is 3.80. The number of nitrogens with one attached hydrogen (secondary N) is 1. The average molecular weight is 252 g/mol. The molecule has 0 unspecified atom stereocenters. The van der Waals surface area contributed by atoms with Crippen LogP contribution in [-0.4, -0.2) is 30.1 Å². The second-order valence-electron chi connectivity index (χ2n) is 5.30. The fourth-order valence-corrected chi connectivity index (χ4v) is 3.29. The normalized spacial score (nSPS) is 19.1. The highest BCUT2D eigenvalue weighted by molar-refractivity contribution is 7.11. The SMILES string of the molecule is Cc1ccc(CNC2CCN(C(C)C)CC2)s1. The van der Waals surface area contributed by atoms with Crippen LogP contribution in [0, 0.1) is 6.92 Å². The van der Waals surface area contributed by atoms with Crippen molar-refractivity contribution >= 4 is 11.3 Å². The van der Waals surface area contributed by atoms with E-state index in [1.807, 2.05) is 11.3 Å². The molecule has 0 aromatic carbocycles. The highest BCUT2D eigenvalue weighted by Crippen LogP contribution is 2.17. The Balaban J connectivity index is 1.71. The van der Waals surface area contributed by atoms with Crippen molar-refractivity contribution < 1.29 is 0 Å². The third-order valence-corrected chi connectivity index (χ3v) is 4.62. The first-order valence-corrected chi connectivity index (χ1v) is 7.49. The van der Waals surface area contributed by atoms with Gasteiger partial charge in [-0.3, -0.25) is 0 Å². The van der Waals surface area contributed by atoms with Crippen molar-refractivity contribution in [1.82, 2.24) is 10.2 Å². The summed E-state index contributed by atoms with van der Waals surface area (Å²) >= 11 is 1.91.